The van der Waals surface area contributed by atoms with Gasteiger partial charge in [0, 0.05) is 17.8 Å². The number of nitrogens with two attached hydrogens (primary N) is 1. The number of ether oxygens (including phenoxy) is 1. The lowest BCUT2D eigenvalue weighted by molar-refractivity contribution is 0.0526. The second-order valence-electron chi connectivity index (χ2n) is 4.66. The molecule has 0 heterocycles. The molecule has 5 heteroatoms. The summed E-state index contributed by atoms with van der Waals surface area (Å²) in [5.41, 5.74) is 8.06. The molecule has 0 spiro atoms. The molecule has 3 N–H and O–H groups in total. The van der Waals surface area contributed by atoms with Crippen LogP contribution in [0.3, 0.4) is 0 Å². The largest absolute Gasteiger partial charge is 0.462 e. The van der Waals surface area contributed by atoms with Crippen molar-refractivity contribution in [3.05, 3.63) is 65.2 Å². The monoisotopic (exact) mass is 298 g/mol. The Balaban J connectivity index is 2.06. The summed E-state index contributed by atoms with van der Waals surface area (Å²) < 4.78 is 4.91. The van der Waals surface area contributed by atoms with E-state index in [9.17, 15) is 9.59 Å². The maximum absolute atomic E-state index is 12.2. The van der Waals surface area contributed by atoms with Gasteiger partial charge >= 0.3 is 5.97 Å². The molecule has 0 saturated heterocycles. The minimum absolute atomic E-state index is 0.223. The summed E-state index contributed by atoms with van der Waals surface area (Å²) in [4.78, 5) is 23.7. The molecule has 0 aliphatic heterocycles. The molecule has 0 unspecified atom stereocenters. The van der Waals surface area contributed by atoms with Crippen LogP contribution in [0.5, 0.6) is 0 Å². The van der Waals surface area contributed by atoms with Crippen LogP contribution in [-0.4, -0.2) is 18.5 Å². The predicted octanol–water partition coefficient (Wildman–Crippen LogP) is 2.57. The van der Waals surface area contributed by atoms with Gasteiger partial charge < -0.3 is 15.8 Å². The molecule has 1 amide bonds. The number of hydrogen-bond donors (Lipinski definition) is 2. The van der Waals surface area contributed by atoms with Gasteiger partial charge in [0.05, 0.1) is 12.2 Å². The van der Waals surface area contributed by atoms with Crippen LogP contribution in [0, 0.1) is 0 Å². The fourth-order valence-electron chi connectivity index (χ4n) is 1.95. The van der Waals surface area contributed by atoms with Gasteiger partial charge in [-0.15, -0.1) is 0 Å². The van der Waals surface area contributed by atoms with Gasteiger partial charge in [-0.3, -0.25) is 4.79 Å². The molecule has 0 aliphatic rings. The number of esters is 1. The van der Waals surface area contributed by atoms with Crippen LogP contribution in [0.15, 0.2) is 48.5 Å². The zero-order chi connectivity index (χ0) is 15.9. The SMILES string of the molecule is CCOC(=O)c1ccc(NC(=O)c2cccc(CN)c2)cc1. The molecular formula is C17H18N2O3. The van der Waals surface area contributed by atoms with Gasteiger partial charge in [0.15, 0.2) is 0 Å². The number of benzene rings is 2. The van der Waals surface area contributed by atoms with Crippen LogP contribution < -0.4 is 11.1 Å². The third kappa shape index (κ3) is 3.93. The van der Waals surface area contributed by atoms with Crippen molar-refractivity contribution in [3.63, 3.8) is 0 Å². The lowest BCUT2D eigenvalue weighted by Gasteiger charge is -2.07. The molecule has 0 atom stereocenters. The number of anilines is 1. The van der Waals surface area contributed by atoms with Crippen LogP contribution in [0.2, 0.25) is 0 Å². The van der Waals surface area contributed by atoms with Crippen molar-refractivity contribution < 1.29 is 14.3 Å². The summed E-state index contributed by atoms with van der Waals surface area (Å²) in [7, 11) is 0. The summed E-state index contributed by atoms with van der Waals surface area (Å²) >= 11 is 0. The number of carbonyl (C=O) groups is 2. The third-order valence-corrected chi connectivity index (χ3v) is 3.08. The molecule has 2 rings (SSSR count). The summed E-state index contributed by atoms with van der Waals surface area (Å²) in [6, 6.07) is 13.7. The third-order valence-electron chi connectivity index (χ3n) is 3.08. The maximum atomic E-state index is 12.2. The molecule has 2 aromatic rings. The molecule has 0 saturated carbocycles. The quantitative estimate of drug-likeness (QED) is 0.831. The van der Waals surface area contributed by atoms with Gasteiger partial charge in [-0.25, -0.2) is 4.79 Å². The highest BCUT2D eigenvalue weighted by molar-refractivity contribution is 6.04. The van der Waals surface area contributed by atoms with Gasteiger partial charge in [0.1, 0.15) is 0 Å². The highest BCUT2D eigenvalue weighted by Gasteiger charge is 2.09. The van der Waals surface area contributed by atoms with Gasteiger partial charge in [0.2, 0.25) is 0 Å². The second kappa shape index (κ2) is 7.38. The number of carbonyl (C=O) groups excluding carboxylic acids is 2. The average molecular weight is 298 g/mol. The van der Waals surface area contributed by atoms with E-state index in [0.29, 0.717) is 30.0 Å². The first-order chi connectivity index (χ1) is 10.6. The van der Waals surface area contributed by atoms with Gasteiger partial charge in [-0.05, 0) is 48.9 Å². The molecule has 0 aromatic heterocycles. The minimum atomic E-state index is -0.379. The molecule has 0 aliphatic carbocycles. The van der Waals surface area contributed by atoms with Crippen molar-refractivity contribution in [1.82, 2.24) is 0 Å². The normalized spacial score (nSPS) is 10.1. The minimum Gasteiger partial charge on any atom is -0.462 e. The van der Waals surface area contributed by atoms with Crippen LogP contribution in [0.4, 0.5) is 5.69 Å². The molecule has 114 valence electrons. The Morgan fingerprint density at radius 1 is 1.09 bits per heavy atom. The van der Waals surface area contributed by atoms with E-state index in [0.717, 1.165) is 5.56 Å². The topological polar surface area (TPSA) is 81.4 Å². The van der Waals surface area contributed by atoms with Crippen LogP contribution in [0.1, 0.15) is 33.2 Å². The smallest absolute Gasteiger partial charge is 0.338 e. The van der Waals surface area contributed by atoms with Crippen LogP contribution in [0.25, 0.3) is 0 Å². The van der Waals surface area contributed by atoms with Crippen molar-refractivity contribution >= 4 is 17.6 Å². The highest BCUT2D eigenvalue weighted by Crippen LogP contribution is 2.13. The van der Waals surface area contributed by atoms with E-state index < -0.39 is 0 Å². The van der Waals surface area contributed by atoms with Gasteiger partial charge in [-0.1, -0.05) is 12.1 Å². The van der Waals surface area contributed by atoms with E-state index in [-0.39, 0.29) is 11.9 Å². The highest BCUT2D eigenvalue weighted by atomic mass is 16.5. The maximum Gasteiger partial charge on any atom is 0.338 e. The van der Waals surface area contributed by atoms with Gasteiger partial charge in [0.25, 0.3) is 5.91 Å². The fraction of sp³-hybridized carbons (Fsp3) is 0.176. The molecule has 5 nitrogen and oxygen atoms in total. The molecule has 0 bridgehead atoms. The van der Waals surface area contributed by atoms with Crippen molar-refractivity contribution in [2.75, 3.05) is 11.9 Å². The average Bonchev–Trinajstić information content (AvgIpc) is 2.55. The van der Waals surface area contributed by atoms with Crippen LogP contribution in [-0.2, 0) is 11.3 Å². The Morgan fingerprint density at radius 3 is 2.45 bits per heavy atom. The summed E-state index contributed by atoms with van der Waals surface area (Å²) in [5.74, 6) is -0.602. The number of rotatable bonds is 5. The van der Waals surface area contributed by atoms with E-state index in [4.69, 9.17) is 10.5 Å². The Hall–Kier alpha value is -2.66. The Bertz CT molecular complexity index is 666. The second-order valence-corrected chi connectivity index (χ2v) is 4.66. The molecule has 22 heavy (non-hydrogen) atoms. The molecule has 0 radical (unpaired) electrons. The van der Waals surface area contributed by atoms with E-state index in [2.05, 4.69) is 5.32 Å². The lowest BCUT2D eigenvalue weighted by atomic mass is 10.1. The van der Waals surface area contributed by atoms with E-state index >= 15 is 0 Å². The molecular weight excluding hydrogens is 280 g/mol. The molecule has 2 aromatic carbocycles. The summed E-state index contributed by atoms with van der Waals surface area (Å²) in [6.45, 7) is 2.46. The van der Waals surface area contributed by atoms with Crippen LogP contribution >= 0.6 is 0 Å². The molecule has 0 fully saturated rings. The van der Waals surface area contributed by atoms with E-state index in [1.165, 1.54) is 0 Å². The van der Waals surface area contributed by atoms with Crippen molar-refractivity contribution in [3.8, 4) is 0 Å². The van der Waals surface area contributed by atoms with E-state index in [1.807, 2.05) is 6.07 Å². The first-order valence-electron chi connectivity index (χ1n) is 7.01. The standard InChI is InChI=1S/C17H18N2O3/c1-2-22-17(21)13-6-8-15(9-7-13)19-16(20)14-5-3-4-12(10-14)11-18/h3-10H,2,11,18H2,1H3,(H,19,20). The summed E-state index contributed by atoms with van der Waals surface area (Å²) in [5, 5.41) is 2.78. The summed E-state index contributed by atoms with van der Waals surface area (Å²) in [6.07, 6.45) is 0. The number of amides is 1. The predicted molar refractivity (Wildman–Crippen MR) is 84.7 cm³/mol. The Morgan fingerprint density at radius 2 is 1.82 bits per heavy atom. The number of nitrogens with one attached hydrogen (secondary N) is 1. The lowest BCUT2D eigenvalue weighted by Crippen LogP contribution is -2.13. The Kier molecular flexibility index (Phi) is 5.27. The number of hydrogen-bond acceptors (Lipinski definition) is 4. The van der Waals surface area contributed by atoms with Crippen molar-refractivity contribution in [1.29, 1.82) is 0 Å². The fourth-order valence-corrected chi connectivity index (χ4v) is 1.95. The van der Waals surface area contributed by atoms with Crippen molar-refractivity contribution in [2.45, 2.75) is 13.5 Å². The zero-order valence-corrected chi connectivity index (χ0v) is 12.3. The first-order valence-corrected chi connectivity index (χ1v) is 7.01. The van der Waals surface area contributed by atoms with Gasteiger partial charge in [-0.2, -0.15) is 0 Å². The van der Waals surface area contributed by atoms with E-state index in [1.54, 1.807) is 49.4 Å². The zero-order valence-electron chi connectivity index (χ0n) is 12.3. The van der Waals surface area contributed by atoms with Crippen molar-refractivity contribution in [2.24, 2.45) is 5.73 Å². The first kappa shape index (κ1) is 15.7. The Labute approximate surface area is 129 Å².